The van der Waals surface area contributed by atoms with Crippen LogP contribution >= 0.6 is 0 Å². The lowest BCUT2D eigenvalue weighted by molar-refractivity contribution is -0.120. The fourth-order valence-corrected chi connectivity index (χ4v) is 1.02. The Balaban J connectivity index is 2.68. The SMILES string of the molecule is CCC(=O)NCc1cccc(F)c1O. The van der Waals surface area contributed by atoms with Crippen LogP contribution in [0, 0.1) is 5.82 Å². The molecule has 0 aliphatic carbocycles. The van der Waals surface area contributed by atoms with E-state index in [0.29, 0.717) is 12.0 Å². The maximum atomic E-state index is 12.8. The Kier molecular flexibility index (Phi) is 3.45. The zero-order valence-corrected chi connectivity index (χ0v) is 7.88. The second kappa shape index (κ2) is 4.60. The number of benzene rings is 1. The van der Waals surface area contributed by atoms with Gasteiger partial charge in [-0.1, -0.05) is 19.1 Å². The van der Waals surface area contributed by atoms with Crippen molar-refractivity contribution in [3.63, 3.8) is 0 Å². The van der Waals surface area contributed by atoms with Crippen LogP contribution in [0.15, 0.2) is 18.2 Å². The van der Waals surface area contributed by atoms with Crippen LogP contribution in [-0.4, -0.2) is 11.0 Å². The van der Waals surface area contributed by atoms with Crippen molar-refractivity contribution in [3.05, 3.63) is 29.6 Å². The summed E-state index contributed by atoms with van der Waals surface area (Å²) in [7, 11) is 0. The highest BCUT2D eigenvalue weighted by Gasteiger charge is 2.06. The molecule has 0 fully saturated rings. The lowest BCUT2D eigenvalue weighted by Gasteiger charge is -2.06. The summed E-state index contributed by atoms with van der Waals surface area (Å²) in [6.07, 6.45) is 0.371. The van der Waals surface area contributed by atoms with Gasteiger partial charge in [-0.2, -0.15) is 0 Å². The van der Waals surface area contributed by atoms with E-state index in [0.717, 1.165) is 0 Å². The first-order valence-corrected chi connectivity index (χ1v) is 4.38. The Morgan fingerprint density at radius 3 is 2.93 bits per heavy atom. The number of hydrogen-bond acceptors (Lipinski definition) is 2. The molecule has 0 aliphatic heterocycles. The summed E-state index contributed by atoms with van der Waals surface area (Å²) in [5.41, 5.74) is 0.381. The van der Waals surface area contributed by atoms with Gasteiger partial charge in [-0.05, 0) is 6.07 Å². The topological polar surface area (TPSA) is 49.3 Å². The van der Waals surface area contributed by atoms with Gasteiger partial charge in [0.05, 0.1) is 0 Å². The molecule has 1 aromatic carbocycles. The van der Waals surface area contributed by atoms with Gasteiger partial charge >= 0.3 is 0 Å². The lowest BCUT2D eigenvalue weighted by atomic mass is 10.2. The molecule has 2 N–H and O–H groups in total. The van der Waals surface area contributed by atoms with E-state index in [-0.39, 0.29) is 12.5 Å². The van der Waals surface area contributed by atoms with E-state index < -0.39 is 11.6 Å². The predicted octanol–water partition coefficient (Wildman–Crippen LogP) is 1.56. The van der Waals surface area contributed by atoms with Gasteiger partial charge in [-0.25, -0.2) is 4.39 Å². The Hall–Kier alpha value is -1.58. The molecule has 1 rings (SSSR count). The van der Waals surface area contributed by atoms with Crippen molar-refractivity contribution in [3.8, 4) is 5.75 Å². The molecule has 0 atom stereocenters. The Morgan fingerprint density at radius 1 is 1.57 bits per heavy atom. The van der Waals surface area contributed by atoms with Gasteiger partial charge in [0.15, 0.2) is 11.6 Å². The van der Waals surface area contributed by atoms with Crippen molar-refractivity contribution in [1.29, 1.82) is 0 Å². The van der Waals surface area contributed by atoms with Gasteiger partial charge in [-0.3, -0.25) is 4.79 Å². The fraction of sp³-hybridized carbons (Fsp3) is 0.300. The van der Waals surface area contributed by atoms with Gasteiger partial charge in [0, 0.05) is 18.5 Å². The maximum Gasteiger partial charge on any atom is 0.219 e. The quantitative estimate of drug-likeness (QED) is 0.772. The van der Waals surface area contributed by atoms with Crippen LogP contribution in [-0.2, 0) is 11.3 Å². The molecule has 0 radical (unpaired) electrons. The molecule has 0 aliphatic rings. The maximum absolute atomic E-state index is 12.8. The zero-order valence-electron chi connectivity index (χ0n) is 7.88. The number of phenols is 1. The third kappa shape index (κ3) is 2.45. The first kappa shape index (κ1) is 10.5. The highest BCUT2D eigenvalue weighted by Crippen LogP contribution is 2.20. The first-order chi connectivity index (χ1) is 6.65. The summed E-state index contributed by atoms with van der Waals surface area (Å²) >= 11 is 0. The van der Waals surface area contributed by atoms with Crippen LogP contribution in [0.25, 0.3) is 0 Å². The second-order valence-corrected chi connectivity index (χ2v) is 2.88. The normalized spacial score (nSPS) is 9.86. The lowest BCUT2D eigenvalue weighted by Crippen LogP contribution is -2.21. The van der Waals surface area contributed by atoms with Crippen molar-refractivity contribution < 1.29 is 14.3 Å². The van der Waals surface area contributed by atoms with Gasteiger partial charge in [0.1, 0.15) is 0 Å². The number of nitrogens with one attached hydrogen (secondary N) is 1. The molecule has 1 aromatic rings. The van der Waals surface area contributed by atoms with E-state index in [1.54, 1.807) is 13.0 Å². The summed E-state index contributed by atoms with van der Waals surface area (Å²) in [5.74, 6) is -1.20. The first-order valence-electron chi connectivity index (χ1n) is 4.38. The number of aromatic hydroxyl groups is 1. The molecule has 4 heteroatoms. The predicted molar refractivity (Wildman–Crippen MR) is 50.2 cm³/mol. The van der Waals surface area contributed by atoms with E-state index in [9.17, 15) is 14.3 Å². The number of halogens is 1. The summed E-state index contributed by atoms with van der Waals surface area (Å²) in [6.45, 7) is 1.87. The Morgan fingerprint density at radius 2 is 2.29 bits per heavy atom. The van der Waals surface area contributed by atoms with E-state index in [1.165, 1.54) is 12.1 Å². The molecule has 0 saturated carbocycles. The third-order valence-corrected chi connectivity index (χ3v) is 1.87. The monoisotopic (exact) mass is 197 g/mol. The fourth-order valence-electron chi connectivity index (χ4n) is 1.02. The smallest absolute Gasteiger partial charge is 0.219 e. The molecule has 0 saturated heterocycles. The minimum absolute atomic E-state index is 0.131. The van der Waals surface area contributed by atoms with Gasteiger partial charge in [-0.15, -0.1) is 0 Å². The van der Waals surface area contributed by atoms with Gasteiger partial charge in [0.25, 0.3) is 0 Å². The minimum Gasteiger partial charge on any atom is -0.505 e. The highest BCUT2D eigenvalue weighted by atomic mass is 19.1. The van der Waals surface area contributed by atoms with E-state index >= 15 is 0 Å². The summed E-state index contributed by atoms with van der Waals surface area (Å²) in [4.78, 5) is 10.9. The average molecular weight is 197 g/mol. The second-order valence-electron chi connectivity index (χ2n) is 2.88. The van der Waals surface area contributed by atoms with Crippen molar-refractivity contribution in [2.24, 2.45) is 0 Å². The molecule has 0 unspecified atom stereocenters. The van der Waals surface area contributed by atoms with Crippen LogP contribution in [0.4, 0.5) is 4.39 Å². The average Bonchev–Trinajstić information content (AvgIpc) is 2.20. The molecule has 76 valence electrons. The molecule has 1 amide bonds. The number of para-hydroxylation sites is 1. The summed E-state index contributed by atoms with van der Waals surface area (Å²) < 4.78 is 12.8. The molecular weight excluding hydrogens is 185 g/mol. The number of carbonyl (C=O) groups excluding carboxylic acids is 1. The number of hydrogen-bond donors (Lipinski definition) is 2. The van der Waals surface area contributed by atoms with Crippen LogP contribution in [0.1, 0.15) is 18.9 Å². The molecule has 0 bridgehead atoms. The number of phenolic OH excluding ortho intramolecular Hbond substituents is 1. The molecular formula is C10H12FNO2. The number of amides is 1. The van der Waals surface area contributed by atoms with Crippen LogP contribution in [0.2, 0.25) is 0 Å². The minimum atomic E-state index is -0.673. The standard InChI is InChI=1S/C10H12FNO2/c1-2-9(13)12-6-7-4-3-5-8(11)10(7)14/h3-5,14H,2,6H2,1H3,(H,12,13). The molecule has 0 heterocycles. The molecule has 0 spiro atoms. The summed E-state index contributed by atoms with van der Waals surface area (Å²) in [6, 6.07) is 4.22. The van der Waals surface area contributed by atoms with Crippen molar-refractivity contribution >= 4 is 5.91 Å². The highest BCUT2D eigenvalue weighted by molar-refractivity contribution is 5.75. The number of rotatable bonds is 3. The Bertz CT molecular complexity index is 339. The molecule has 14 heavy (non-hydrogen) atoms. The van der Waals surface area contributed by atoms with Crippen LogP contribution < -0.4 is 5.32 Å². The van der Waals surface area contributed by atoms with E-state index in [1.807, 2.05) is 0 Å². The van der Waals surface area contributed by atoms with E-state index in [2.05, 4.69) is 5.32 Å². The molecule has 0 aromatic heterocycles. The van der Waals surface area contributed by atoms with Gasteiger partial charge < -0.3 is 10.4 Å². The van der Waals surface area contributed by atoms with Crippen LogP contribution in [0.5, 0.6) is 5.75 Å². The summed E-state index contributed by atoms with van der Waals surface area (Å²) in [5, 5.41) is 11.8. The largest absolute Gasteiger partial charge is 0.505 e. The van der Waals surface area contributed by atoms with Gasteiger partial charge in [0.2, 0.25) is 5.91 Å². The van der Waals surface area contributed by atoms with Crippen molar-refractivity contribution in [2.45, 2.75) is 19.9 Å². The zero-order chi connectivity index (χ0) is 10.6. The third-order valence-electron chi connectivity index (χ3n) is 1.87. The van der Waals surface area contributed by atoms with Crippen molar-refractivity contribution in [1.82, 2.24) is 5.32 Å². The Labute approximate surface area is 81.6 Å². The van der Waals surface area contributed by atoms with E-state index in [4.69, 9.17) is 0 Å². The van der Waals surface area contributed by atoms with Crippen molar-refractivity contribution in [2.75, 3.05) is 0 Å². The number of carbonyl (C=O) groups is 1. The molecule has 3 nitrogen and oxygen atoms in total. The van der Waals surface area contributed by atoms with Crippen LogP contribution in [0.3, 0.4) is 0 Å².